The van der Waals surface area contributed by atoms with Gasteiger partial charge in [0.1, 0.15) is 0 Å². The van der Waals surface area contributed by atoms with Gasteiger partial charge in [-0.1, -0.05) is 237 Å². The van der Waals surface area contributed by atoms with E-state index in [1.165, 1.54) is 119 Å². The van der Waals surface area contributed by atoms with E-state index in [1.807, 2.05) is 0 Å². The highest BCUT2D eigenvalue weighted by atomic mass is 15.1. The Kier molecular flexibility index (Phi) is 10.3. The largest absolute Gasteiger partial charge is 0.310 e. The number of aryl methyl sites for hydroxylation is 2. The van der Waals surface area contributed by atoms with Crippen LogP contribution in [0.25, 0.3) is 44.5 Å². The summed E-state index contributed by atoms with van der Waals surface area (Å²) in [5.41, 5.74) is 25.3. The third-order valence-corrected chi connectivity index (χ3v) is 16.4. The van der Waals surface area contributed by atoms with Crippen LogP contribution in [0.5, 0.6) is 0 Å². The summed E-state index contributed by atoms with van der Waals surface area (Å²) < 4.78 is 0. The van der Waals surface area contributed by atoms with Gasteiger partial charge in [0.2, 0.25) is 0 Å². The van der Waals surface area contributed by atoms with Crippen LogP contribution >= 0.6 is 0 Å². The molecule has 1 heteroatoms. The van der Waals surface area contributed by atoms with E-state index in [0.29, 0.717) is 0 Å². The van der Waals surface area contributed by atoms with Gasteiger partial charge in [-0.2, -0.15) is 0 Å². The normalized spacial score (nSPS) is 14.3. The van der Waals surface area contributed by atoms with Crippen LogP contribution in [0.15, 0.2) is 273 Å². The first kappa shape index (κ1) is 43.0. The van der Waals surface area contributed by atoms with Crippen LogP contribution in [0.3, 0.4) is 0 Å². The van der Waals surface area contributed by atoms with Crippen molar-refractivity contribution in [1.29, 1.82) is 0 Å². The average molecular weight is 932 g/mol. The number of nitrogens with zero attached hydrogens (tertiary/aromatic N) is 1. The van der Waals surface area contributed by atoms with Gasteiger partial charge in [-0.3, -0.25) is 0 Å². The van der Waals surface area contributed by atoms with E-state index >= 15 is 0 Å². The van der Waals surface area contributed by atoms with Gasteiger partial charge < -0.3 is 4.90 Å². The molecule has 0 N–H and O–H groups in total. The molecule has 0 heterocycles. The zero-order valence-electron chi connectivity index (χ0n) is 40.8. The minimum Gasteiger partial charge on any atom is -0.310 e. The molecule has 0 aliphatic heterocycles. The molecule has 346 valence electrons. The second kappa shape index (κ2) is 17.5. The molecule has 0 bridgehead atoms. The van der Waals surface area contributed by atoms with E-state index < -0.39 is 10.8 Å². The molecule has 0 aromatic heterocycles. The number of hydrogen-bond acceptors (Lipinski definition) is 1. The van der Waals surface area contributed by atoms with Gasteiger partial charge >= 0.3 is 0 Å². The maximum Gasteiger partial charge on any atom is 0.0714 e. The van der Waals surface area contributed by atoms with E-state index in [1.54, 1.807) is 0 Å². The number of fused-ring (bicyclic) bond motifs is 7. The first-order valence-electron chi connectivity index (χ1n) is 26.0. The number of hydrogen-bond donors (Lipinski definition) is 0. The van der Waals surface area contributed by atoms with Crippen molar-refractivity contribution in [3.05, 3.63) is 329 Å². The molecule has 11 aromatic rings. The number of rotatable bonds is 9. The average Bonchev–Trinajstić information content (AvgIpc) is 4.01. The van der Waals surface area contributed by atoms with E-state index in [0.717, 1.165) is 23.5 Å². The van der Waals surface area contributed by atoms with Crippen molar-refractivity contribution in [2.24, 2.45) is 0 Å². The van der Waals surface area contributed by atoms with Gasteiger partial charge in [-0.05, 0) is 157 Å². The zero-order chi connectivity index (χ0) is 48.3. The SMILES string of the molecule is c1ccc(N(c2ccc3c(c2)C(c2ccccc2)(c2ccccc2)c2ccccc2-3)c2cc3c(cc2-c2ccc(-c4ccc5c(c4)CCCC5)cc2)-c2ccccc2C3(c2ccccc2)c2ccccc2)cc1. The van der Waals surface area contributed by atoms with Crippen LogP contribution in [0.4, 0.5) is 17.1 Å². The Bertz CT molecular complexity index is 3740. The van der Waals surface area contributed by atoms with Crippen molar-refractivity contribution in [2.45, 2.75) is 36.5 Å². The number of para-hydroxylation sites is 1. The fourth-order valence-corrected chi connectivity index (χ4v) is 13.2. The highest BCUT2D eigenvalue weighted by molar-refractivity contribution is 5.98. The van der Waals surface area contributed by atoms with Crippen LogP contribution in [-0.4, -0.2) is 0 Å². The second-order valence-electron chi connectivity index (χ2n) is 20.1. The molecule has 14 rings (SSSR count). The van der Waals surface area contributed by atoms with Crippen LogP contribution in [0.2, 0.25) is 0 Å². The zero-order valence-corrected chi connectivity index (χ0v) is 40.8. The molecule has 0 radical (unpaired) electrons. The molecule has 0 spiro atoms. The van der Waals surface area contributed by atoms with Crippen molar-refractivity contribution < 1.29 is 0 Å². The molecule has 0 atom stereocenters. The third kappa shape index (κ3) is 6.69. The number of anilines is 3. The molecule has 0 saturated heterocycles. The molecule has 0 saturated carbocycles. The monoisotopic (exact) mass is 931 g/mol. The van der Waals surface area contributed by atoms with Gasteiger partial charge in [-0.15, -0.1) is 0 Å². The van der Waals surface area contributed by atoms with Crippen molar-refractivity contribution in [1.82, 2.24) is 0 Å². The predicted molar refractivity (Wildman–Crippen MR) is 303 cm³/mol. The lowest BCUT2D eigenvalue weighted by Crippen LogP contribution is -2.29. The van der Waals surface area contributed by atoms with Crippen molar-refractivity contribution in [2.75, 3.05) is 4.90 Å². The maximum absolute atomic E-state index is 2.55. The molecule has 0 unspecified atom stereocenters. The van der Waals surface area contributed by atoms with E-state index in [4.69, 9.17) is 0 Å². The van der Waals surface area contributed by atoms with E-state index in [2.05, 4.69) is 278 Å². The first-order valence-corrected chi connectivity index (χ1v) is 26.0. The molecule has 0 fully saturated rings. The van der Waals surface area contributed by atoms with Crippen LogP contribution in [0.1, 0.15) is 68.5 Å². The Morgan fingerprint density at radius 3 is 1.26 bits per heavy atom. The summed E-state index contributed by atoms with van der Waals surface area (Å²) in [6, 6.07) is 103. The Balaban J connectivity index is 1.06. The summed E-state index contributed by atoms with van der Waals surface area (Å²) >= 11 is 0. The summed E-state index contributed by atoms with van der Waals surface area (Å²) in [6.45, 7) is 0. The minimum absolute atomic E-state index is 0.558. The Morgan fingerprint density at radius 2 is 0.699 bits per heavy atom. The summed E-state index contributed by atoms with van der Waals surface area (Å²) in [4.78, 5) is 2.54. The first-order chi connectivity index (χ1) is 36.2. The van der Waals surface area contributed by atoms with Gasteiger partial charge in [0.15, 0.2) is 0 Å². The van der Waals surface area contributed by atoms with Crippen molar-refractivity contribution in [3.8, 4) is 44.5 Å². The van der Waals surface area contributed by atoms with Gasteiger partial charge in [-0.25, -0.2) is 0 Å². The minimum atomic E-state index is -0.588. The Labute approximate surface area is 429 Å². The third-order valence-electron chi connectivity index (χ3n) is 16.4. The lowest BCUT2D eigenvalue weighted by Gasteiger charge is -2.36. The van der Waals surface area contributed by atoms with Crippen molar-refractivity contribution in [3.63, 3.8) is 0 Å². The van der Waals surface area contributed by atoms with Gasteiger partial charge in [0.25, 0.3) is 0 Å². The van der Waals surface area contributed by atoms with Gasteiger partial charge in [0, 0.05) is 16.9 Å². The van der Waals surface area contributed by atoms with Crippen molar-refractivity contribution >= 4 is 17.1 Å². The van der Waals surface area contributed by atoms with E-state index in [9.17, 15) is 0 Å². The second-order valence-corrected chi connectivity index (χ2v) is 20.1. The molecule has 0 amide bonds. The lowest BCUT2D eigenvalue weighted by atomic mass is 9.67. The molecule has 3 aliphatic carbocycles. The van der Waals surface area contributed by atoms with E-state index in [-0.39, 0.29) is 0 Å². The lowest BCUT2D eigenvalue weighted by molar-refractivity contribution is 0.686. The summed E-state index contributed by atoms with van der Waals surface area (Å²) in [6.07, 6.45) is 4.90. The maximum atomic E-state index is 2.55. The smallest absolute Gasteiger partial charge is 0.0714 e. The Hall–Kier alpha value is -8.78. The molecular weight excluding hydrogens is 879 g/mol. The standard InChI is InChI=1S/C72H53N/c1-6-24-55(25-7-1)71(56-26-8-2-9-27-56)66-36-20-18-34-61(66)63-45-44-60(47-68(63)71)73(59-32-14-5-15-33-59)70-49-69-65(48-64(70)52-41-38-51(39-42-52)54-43-40-50-22-16-17-23-53(50)46-54)62-35-19-21-37-67(62)72(69,57-28-10-3-11-29-57)58-30-12-4-13-31-58/h1-15,18-21,24-49H,16-17,22-23H2. The fourth-order valence-electron chi connectivity index (χ4n) is 13.2. The van der Waals surface area contributed by atoms with Gasteiger partial charge in [0.05, 0.1) is 16.5 Å². The predicted octanol–water partition coefficient (Wildman–Crippen LogP) is 18.1. The van der Waals surface area contributed by atoms with Crippen LogP contribution in [-0.2, 0) is 23.7 Å². The topological polar surface area (TPSA) is 3.24 Å². The summed E-state index contributed by atoms with van der Waals surface area (Å²) in [7, 11) is 0. The molecule has 1 nitrogen and oxygen atoms in total. The molecule has 3 aliphatic rings. The molecular formula is C72H53N. The molecule has 73 heavy (non-hydrogen) atoms. The fraction of sp³-hybridized carbons (Fsp3) is 0.0833. The Morgan fingerprint density at radius 1 is 0.260 bits per heavy atom. The number of benzene rings is 11. The van der Waals surface area contributed by atoms with Crippen LogP contribution in [0, 0.1) is 0 Å². The summed E-state index contributed by atoms with van der Waals surface area (Å²) in [5, 5.41) is 0. The molecule has 11 aromatic carbocycles. The summed E-state index contributed by atoms with van der Waals surface area (Å²) in [5.74, 6) is 0. The highest BCUT2D eigenvalue weighted by Crippen LogP contribution is 2.61. The highest BCUT2D eigenvalue weighted by Gasteiger charge is 2.48. The quantitative estimate of drug-likeness (QED) is 0.139. The van der Waals surface area contributed by atoms with Crippen LogP contribution < -0.4 is 4.90 Å².